The third-order valence-corrected chi connectivity index (χ3v) is 3.82. The molecule has 126 valence electrons. The lowest BCUT2D eigenvalue weighted by Crippen LogP contribution is -2.38. The number of anilines is 1. The molecule has 3 nitrogen and oxygen atoms in total. The molecular weight excluding hydrogens is 326 g/mol. The number of nitrogens with zero attached hydrogens (tertiary/aromatic N) is 1. The zero-order chi connectivity index (χ0) is 17.3. The molecule has 1 aliphatic heterocycles. The molecule has 0 fully saturated rings. The molecule has 0 spiro atoms. The third kappa shape index (κ3) is 2.93. The summed E-state index contributed by atoms with van der Waals surface area (Å²) in [7, 11) is 0. The predicted molar refractivity (Wildman–Crippen MR) is 78.9 cm³/mol. The summed E-state index contributed by atoms with van der Waals surface area (Å²) in [6.45, 7) is -0.299. The molecule has 0 saturated carbocycles. The number of amides is 1. The van der Waals surface area contributed by atoms with E-state index in [2.05, 4.69) is 0 Å². The Morgan fingerprint density at radius 1 is 1.08 bits per heavy atom. The van der Waals surface area contributed by atoms with Crippen LogP contribution < -0.4 is 9.64 Å². The van der Waals surface area contributed by atoms with Crippen molar-refractivity contribution < 1.29 is 27.1 Å². The summed E-state index contributed by atoms with van der Waals surface area (Å²) in [6.07, 6.45) is 1.55. The normalized spacial score (nSPS) is 13.6. The molecule has 24 heavy (non-hydrogen) atoms. The molecule has 7 heteroatoms. The van der Waals surface area contributed by atoms with E-state index in [4.69, 9.17) is 4.74 Å². The number of fused-ring (bicyclic) bond motifs is 1. The molecule has 1 aliphatic rings. The van der Waals surface area contributed by atoms with Gasteiger partial charge in [0.05, 0.1) is 0 Å². The van der Waals surface area contributed by atoms with Gasteiger partial charge in [-0.25, -0.2) is 8.78 Å². The van der Waals surface area contributed by atoms with E-state index in [1.54, 1.807) is 12.1 Å². The molecular formula is C17H13F4NO2. The molecule has 0 bridgehead atoms. The van der Waals surface area contributed by atoms with Crippen molar-refractivity contribution in [1.29, 1.82) is 0 Å². The van der Waals surface area contributed by atoms with Crippen molar-refractivity contribution in [3.8, 4) is 5.75 Å². The van der Waals surface area contributed by atoms with Gasteiger partial charge >= 0.3 is 0 Å². The maximum atomic E-state index is 13.5. The third-order valence-electron chi connectivity index (χ3n) is 3.82. The van der Waals surface area contributed by atoms with Crippen LogP contribution in [0.5, 0.6) is 5.75 Å². The van der Waals surface area contributed by atoms with Crippen LogP contribution in [0.2, 0.25) is 0 Å². The van der Waals surface area contributed by atoms with Crippen LogP contribution in [0.4, 0.5) is 23.2 Å². The fraction of sp³-hybridized carbons (Fsp3) is 0.235. The van der Waals surface area contributed by atoms with E-state index in [1.165, 1.54) is 4.90 Å². The van der Waals surface area contributed by atoms with Crippen LogP contribution in [0.1, 0.15) is 12.0 Å². The van der Waals surface area contributed by atoms with E-state index in [9.17, 15) is 22.4 Å². The highest BCUT2D eigenvalue weighted by Gasteiger charge is 2.25. The molecule has 0 saturated heterocycles. The van der Waals surface area contributed by atoms with Gasteiger partial charge in [0.15, 0.2) is 24.0 Å². The number of ether oxygens (including phenoxy) is 1. The first-order valence-corrected chi connectivity index (χ1v) is 7.33. The van der Waals surface area contributed by atoms with Gasteiger partial charge in [0.25, 0.3) is 5.91 Å². The summed E-state index contributed by atoms with van der Waals surface area (Å²) in [4.78, 5) is 13.7. The second-order valence-corrected chi connectivity index (χ2v) is 5.36. The quantitative estimate of drug-likeness (QED) is 0.632. The number of benzene rings is 2. The van der Waals surface area contributed by atoms with Gasteiger partial charge in [-0.05, 0) is 24.5 Å². The largest absolute Gasteiger partial charge is 0.477 e. The lowest BCUT2D eigenvalue weighted by atomic mass is 10.0. The van der Waals surface area contributed by atoms with Crippen LogP contribution in [0.3, 0.4) is 0 Å². The fourth-order valence-corrected chi connectivity index (χ4v) is 2.68. The molecule has 0 aromatic heterocycles. The van der Waals surface area contributed by atoms with Gasteiger partial charge in [-0.15, -0.1) is 0 Å². The van der Waals surface area contributed by atoms with Crippen molar-refractivity contribution in [3.05, 3.63) is 59.2 Å². The summed E-state index contributed by atoms with van der Waals surface area (Å²) in [5.41, 5.74) is 1.68. The minimum Gasteiger partial charge on any atom is -0.477 e. The number of carbonyl (C=O) groups is 1. The average Bonchev–Trinajstić information content (AvgIpc) is 2.59. The molecule has 1 heterocycles. The summed E-state index contributed by atoms with van der Waals surface area (Å²) < 4.78 is 58.1. The Hall–Kier alpha value is -2.57. The first-order chi connectivity index (χ1) is 11.5. The number of hydrogen-bond donors (Lipinski definition) is 0. The SMILES string of the molecule is O=C(COc1c(F)c(F)cc(F)c1F)N1CCCc2ccccc21. The van der Waals surface area contributed by atoms with Gasteiger partial charge in [-0.2, -0.15) is 8.78 Å². The van der Waals surface area contributed by atoms with Crippen LogP contribution >= 0.6 is 0 Å². The monoisotopic (exact) mass is 339 g/mol. The van der Waals surface area contributed by atoms with Gasteiger partial charge in [-0.3, -0.25) is 4.79 Å². The number of rotatable bonds is 3. The van der Waals surface area contributed by atoms with Crippen molar-refractivity contribution in [2.45, 2.75) is 12.8 Å². The highest BCUT2D eigenvalue weighted by molar-refractivity contribution is 5.95. The van der Waals surface area contributed by atoms with Gasteiger partial charge in [-0.1, -0.05) is 18.2 Å². The van der Waals surface area contributed by atoms with Crippen molar-refractivity contribution in [2.24, 2.45) is 0 Å². The summed E-state index contributed by atoms with van der Waals surface area (Å²) in [5.74, 6) is -8.28. The molecule has 2 aromatic carbocycles. The molecule has 0 radical (unpaired) electrons. The van der Waals surface area contributed by atoms with Crippen LogP contribution in [-0.2, 0) is 11.2 Å². The molecule has 3 rings (SSSR count). The van der Waals surface area contributed by atoms with Gasteiger partial charge in [0.1, 0.15) is 0 Å². The molecule has 0 unspecified atom stereocenters. The summed E-state index contributed by atoms with van der Waals surface area (Å²) >= 11 is 0. The van der Waals surface area contributed by atoms with Crippen molar-refractivity contribution in [2.75, 3.05) is 18.1 Å². The molecule has 2 aromatic rings. The Kier molecular flexibility index (Phi) is 4.42. The number of para-hydroxylation sites is 1. The average molecular weight is 339 g/mol. The number of carbonyl (C=O) groups excluding carboxylic acids is 1. The summed E-state index contributed by atoms with van der Waals surface area (Å²) in [6, 6.07) is 7.35. The minimum atomic E-state index is -1.67. The Balaban J connectivity index is 1.78. The number of hydrogen-bond acceptors (Lipinski definition) is 2. The maximum absolute atomic E-state index is 13.5. The zero-order valence-electron chi connectivity index (χ0n) is 12.5. The smallest absolute Gasteiger partial charge is 0.264 e. The van der Waals surface area contributed by atoms with Crippen molar-refractivity contribution in [1.82, 2.24) is 0 Å². The number of aryl methyl sites for hydroxylation is 1. The highest BCUT2D eigenvalue weighted by atomic mass is 19.2. The number of halogens is 4. The lowest BCUT2D eigenvalue weighted by molar-refractivity contribution is -0.120. The molecule has 0 N–H and O–H groups in total. The van der Waals surface area contributed by atoms with E-state index < -0.39 is 41.5 Å². The van der Waals surface area contributed by atoms with Crippen LogP contribution in [0.25, 0.3) is 0 Å². The second-order valence-electron chi connectivity index (χ2n) is 5.36. The molecule has 0 atom stereocenters. The predicted octanol–water partition coefficient (Wildman–Crippen LogP) is 3.60. The fourth-order valence-electron chi connectivity index (χ4n) is 2.68. The molecule has 0 aliphatic carbocycles. The lowest BCUT2D eigenvalue weighted by Gasteiger charge is -2.29. The Labute approximate surface area is 135 Å². The first-order valence-electron chi connectivity index (χ1n) is 7.33. The Morgan fingerprint density at radius 3 is 2.46 bits per heavy atom. The van der Waals surface area contributed by atoms with Gasteiger partial charge in [0, 0.05) is 18.3 Å². The zero-order valence-corrected chi connectivity index (χ0v) is 12.5. The van der Waals surface area contributed by atoms with E-state index in [0.29, 0.717) is 12.2 Å². The van der Waals surface area contributed by atoms with E-state index >= 15 is 0 Å². The first kappa shape index (κ1) is 16.3. The van der Waals surface area contributed by atoms with E-state index in [0.717, 1.165) is 18.4 Å². The maximum Gasteiger partial charge on any atom is 0.264 e. The Morgan fingerprint density at radius 2 is 1.75 bits per heavy atom. The van der Waals surface area contributed by atoms with Crippen molar-refractivity contribution >= 4 is 11.6 Å². The topological polar surface area (TPSA) is 29.5 Å². The summed E-state index contributed by atoms with van der Waals surface area (Å²) in [5, 5.41) is 0. The van der Waals surface area contributed by atoms with Crippen LogP contribution in [0.15, 0.2) is 30.3 Å². The highest BCUT2D eigenvalue weighted by Crippen LogP contribution is 2.28. The van der Waals surface area contributed by atoms with Crippen LogP contribution in [-0.4, -0.2) is 19.1 Å². The van der Waals surface area contributed by atoms with Crippen molar-refractivity contribution in [3.63, 3.8) is 0 Å². The standard InChI is InChI=1S/C17H13F4NO2/c18-11-8-12(19)16(21)17(15(11)20)24-9-14(23)22-7-3-5-10-4-1-2-6-13(10)22/h1-2,4,6,8H,3,5,7,9H2. The Bertz CT molecular complexity index is 768. The van der Waals surface area contributed by atoms with Crippen LogP contribution in [0, 0.1) is 23.3 Å². The van der Waals surface area contributed by atoms with Gasteiger partial charge < -0.3 is 9.64 Å². The minimum absolute atomic E-state index is 0.0836. The van der Waals surface area contributed by atoms with Gasteiger partial charge in [0.2, 0.25) is 11.6 Å². The van der Waals surface area contributed by atoms with E-state index in [-0.39, 0.29) is 6.07 Å². The second kappa shape index (κ2) is 6.51. The van der Waals surface area contributed by atoms with E-state index in [1.807, 2.05) is 12.1 Å². The molecule has 1 amide bonds.